The predicted molar refractivity (Wildman–Crippen MR) is 57.3 cm³/mol. The average molecular weight is 194 g/mol. The van der Waals surface area contributed by atoms with Crippen LogP contribution in [0.3, 0.4) is 0 Å². The summed E-state index contributed by atoms with van der Waals surface area (Å²) in [5.74, 6) is 1.12. The van der Waals surface area contributed by atoms with E-state index in [4.69, 9.17) is 0 Å². The Hall–Kier alpha value is -1.03. The fourth-order valence-electron chi connectivity index (χ4n) is 1.88. The van der Waals surface area contributed by atoms with Crippen molar-refractivity contribution in [2.75, 3.05) is 25.5 Å². The molecule has 0 radical (unpaired) electrons. The second-order valence-corrected chi connectivity index (χ2v) is 4.06. The van der Waals surface area contributed by atoms with Crippen molar-refractivity contribution in [3.8, 4) is 0 Å². The number of aryl methyl sites for hydroxylation is 1. The molecule has 2 heterocycles. The number of nitrogens with one attached hydrogen (secondary N) is 1. The minimum Gasteiger partial charge on any atom is -0.367 e. The zero-order valence-electron chi connectivity index (χ0n) is 8.90. The van der Waals surface area contributed by atoms with Crippen LogP contribution in [-0.4, -0.2) is 40.9 Å². The number of nitrogens with zero attached hydrogens (tertiary/aromatic N) is 3. The Morgan fingerprint density at radius 1 is 1.36 bits per heavy atom. The van der Waals surface area contributed by atoms with Crippen LogP contribution in [0.1, 0.15) is 12.8 Å². The number of piperidine rings is 1. The van der Waals surface area contributed by atoms with Crippen LogP contribution in [0.5, 0.6) is 0 Å². The monoisotopic (exact) mass is 194 g/mol. The van der Waals surface area contributed by atoms with E-state index in [1.807, 2.05) is 24.0 Å². The Morgan fingerprint density at radius 2 is 2.07 bits per heavy atom. The third-order valence-electron chi connectivity index (χ3n) is 2.89. The van der Waals surface area contributed by atoms with Crippen molar-refractivity contribution < 1.29 is 0 Å². The molecule has 0 spiro atoms. The van der Waals surface area contributed by atoms with E-state index in [2.05, 4.69) is 22.4 Å². The minimum atomic E-state index is 0.613. The molecule has 1 N–H and O–H groups in total. The number of hydrogen-bond donors (Lipinski definition) is 1. The van der Waals surface area contributed by atoms with Crippen LogP contribution in [0.2, 0.25) is 0 Å². The first-order valence-corrected chi connectivity index (χ1v) is 5.19. The summed E-state index contributed by atoms with van der Waals surface area (Å²) in [7, 11) is 4.15. The molecule has 0 aromatic carbocycles. The van der Waals surface area contributed by atoms with Crippen LogP contribution in [0.4, 0.5) is 5.82 Å². The van der Waals surface area contributed by atoms with Gasteiger partial charge in [0.05, 0.1) is 6.20 Å². The highest BCUT2D eigenvalue weighted by atomic mass is 15.3. The maximum atomic E-state index is 4.14. The average Bonchev–Trinajstić information content (AvgIpc) is 2.56. The highest BCUT2D eigenvalue weighted by Crippen LogP contribution is 2.14. The van der Waals surface area contributed by atoms with E-state index in [0.29, 0.717) is 6.04 Å². The van der Waals surface area contributed by atoms with Gasteiger partial charge in [0.25, 0.3) is 0 Å². The van der Waals surface area contributed by atoms with Crippen LogP contribution in [-0.2, 0) is 7.05 Å². The molecule has 2 rings (SSSR count). The minimum absolute atomic E-state index is 0.613. The molecule has 78 valence electrons. The van der Waals surface area contributed by atoms with Crippen molar-refractivity contribution in [1.29, 1.82) is 0 Å². The standard InChI is InChI=1S/C10H18N4/c1-13-7-4-9(5-8-13)12-10-3-6-11-14(10)2/h3,6,9,12H,4-5,7-8H2,1-2H3. The first kappa shape index (κ1) is 9.52. The largest absolute Gasteiger partial charge is 0.367 e. The molecule has 1 aliphatic heterocycles. The number of aromatic nitrogens is 2. The van der Waals surface area contributed by atoms with Crippen molar-refractivity contribution in [3.05, 3.63) is 12.3 Å². The van der Waals surface area contributed by atoms with Crippen LogP contribution in [0.15, 0.2) is 12.3 Å². The van der Waals surface area contributed by atoms with Crippen molar-refractivity contribution in [2.45, 2.75) is 18.9 Å². The van der Waals surface area contributed by atoms with Crippen LogP contribution >= 0.6 is 0 Å². The number of rotatable bonds is 2. The highest BCUT2D eigenvalue weighted by Gasteiger charge is 2.16. The second-order valence-electron chi connectivity index (χ2n) is 4.06. The molecule has 1 aliphatic rings. The van der Waals surface area contributed by atoms with Gasteiger partial charge >= 0.3 is 0 Å². The van der Waals surface area contributed by atoms with Gasteiger partial charge in [-0.2, -0.15) is 5.10 Å². The second kappa shape index (κ2) is 4.00. The van der Waals surface area contributed by atoms with Crippen molar-refractivity contribution in [1.82, 2.24) is 14.7 Å². The Balaban J connectivity index is 1.89. The molecule has 1 aromatic rings. The van der Waals surface area contributed by atoms with E-state index >= 15 is 0 Å². The van der Waals surface area contributed by atoms with Crippen LogP contribution in [0, 0.1) is 0 Å². The van der Waals surface area contributed by atoms with E-state index in [0.717, 1.165) is 5.82 Å². The molecule has 1 saturated heterocycles. The molecular formula is C10H18N4. The Bertz CT molecular complexity index is 286. The predicted octanol–water partition coefficient (Wildman–Crippen LogP) is 0.926. The molecular weight excluding hydrogens is 176 g/mol. The molecule has 0 aliphatic carbocycles. The quantitative estimate of drug-likeness (QED) is 0.760. The van der Waals surface area contributed by atoms with Gasteiger partial charge in [0.15, 0.2) is 0 Å². The molecule has 4 heteroatoms. The molecule has 0 atom stereocenters. The Labute approximate surface area is 84.9 Å². The lowest BCUT2D eigenvalue weighted by atomic mass is 10.1. The van der Waals surface area contributed by atoms with Gasteiger partial charge in [-0.05, 0) is 33.0 Å². The lowest BCUT2D eigenvalue weighted by Gasteiger charge is -2.29. The maximum absolute atomic E-state index is 4.14. The lowest BCUT2D eigenvalue weighted by Crippen LogP contribution is -2.37. The van der Waals surface area contributed by atoms with Gasteiger partial charge in [0, 0.05) is 19.2 Å². The summed E-state index contributed by atoms with van der Waals surface area (Å²) >= 11 is 0. The Kier molecular flexibility index (Phi) is 2.72. The van der Waals surface area contributed by atoms with E-state index in [1.165, 1.54) is 25.9 Å². The third kappa shape index (κ3) is 2.07. The summed E-state index contributed by atoms with van der Waals surface area (Å²) in [4.78, 5) is 2.38. The van der Waals surface area contributed by atoms with Crippen molar-refractivity contribution in [3.63, 3.8) is 0 Å². The zero-order chi connectivity index (χ0) is 9.97. The summed E-state index contributed by atoms with van der Waals surface area (Å²) in [6, 6.07) is 2.64. The van der Waals surface area contributed by atoms with Crippen LogP contribution < -0.4 is 5.32 Å². The zero-order valence-corrected chi connectivity index (χ0v) is 8.90. The first-order valence-electron chi connectivity index (χ1n) is 5.19. The van der Waals surface area contributed by atoms with Gasteiger partial charge in [-0.1, -0.05) is 0 Å². The van der Waals surface area contributed by atoms with Gasteiger partial charge in [0.2, 0.25) is 0 Å². The fraction of sp³-hybridized carbons (Fsp3) is 0.700. The van der Waals surface area contributed by atoms with Gasteiger partial charge in [-0.25, -0.2) is 0 Å². The molecule has 14 heavy (non-hydrogen) atoms. The highest BCUT2D eigenvalue weighted by molar-refractivity contribution is 5.34. The van der Waals surface area contributed by atoms with E-state index < -0.39 is 0 Å². The number of anilines is 1. The third-order valence-corrected chi connectivity index (χ3v) is 2.89. The SMILES string of the molecule is CN1CCC(Nc2ccnn2C)CC1. The molecule has 1 aromatic heterocycles. The van der Waals surface area contributed by atoms with Crippen molar-refractivity contribution in [2.24, 2.45) is 7.05 Å². The molecule has 0 bridgehead atoms. The van der Waals surface area contributed by atoms with E-state index in [1.54, 1.807) is 0 Å². The molecule has 0 unspecified atom stereocenters. The first-order chi connectivity index (χ1) is 6.75. The molecule has 1 fully saturated rings. The maximum Gasteiger partial charge on any atom is 0.124 e. The molecule has 0 saturated carbocycles. The smallest absolute Gasteiger partial charge is 0.124 e. The number of hydrogen-bond acceptors (Lipinski definition) is 3. The fourth-order valence-corrected chi connectivity index (χ4v) is 1.88. The van der Waals surface area contributed by atoms with Gasteiger partial charge in [-0.15, -0.1) is 0 Å². The van der Waals surface area contributed by atoms with Gasteiger partial charge < -0.3 is 10.2 Å². The van der Waals surface area contributed by atoms with E-state index in [-0.39, 0.29) is 0 Å². The van der Waals surface area contributed by atoms with Gasteiger partial charge in [-0.3, -0.25) is 4.68 Å². The summed E-state index contributed by atoms with van der Waals surface area (Å²) in [6.07, 6.45) is 4.28. The normalized spacial score (nSPS) is 19.9. The number of likely N-dealkylation sites (tertiary alicyclic amines) is 1. The summed E-state index contributed by atoms with van der Waals surface area (Å²) in [5.41, 5.74) is 0. The van der Waals surface area contributed by atoms with Crippen molar-refractivity contribution >= 4 is 5.82 Å². The summed E-state index contributed by atoms with van der Waals surface area (Å²) in [6.45, 7) is 2.38. The van der Waals surface area contributed by atoms with Gasteiger partial charge in [0.1, 0.15) is 5.82 Å². The molecule has 0 amide bonds. The summed E-state index contributed by atoms with van der Waals surface area (Å²) in [5, 5.41) is 7.66. The van der Waals surface area contributed by atoms with Crippen LogP contribution in [0.25, 0.3) is 0 Å². The van der Waals surface area contributed by atoms with E-state index in [9.17, 15) is 0 Å². The Morgan fingerprint density at radius 3 is 2.64 bits per heavy atom. The summed E-state index contributed by atoms with van der Waals surface area (Å²) < 4.78 is 1.89. The molecule has 4 nitrogen and oxygen atoms in total. The topological polar surface area (TPSA) is 33.1 Å². The lowest BCUT2D eigenvalue weighted by molar-refractivity contribution is 0.263.